The fourth-order valence-electron chi connectivity index (χ4n) is 3.63. The molecule has 7 heteroatoms. The van der Waals surface area contributed by atoms with Crippen molar-refractivity contribution in [1.82, 2.24) is 4.31 Å². The zero-order chi connectivity index (χ0) is 18.6. The predicted octanol–water partition coefficient (Wildman–Crippen LogP) is 2.42. The number of nitrogens with zero attached hydrogens (tertiary/aromatic N) is 2. The summed E-state index contributed by atoms with van der Waals surface area (Å²) in [5.41, 5.74) is 2.39. The van der Waals surface area contributed by atoms with E-state index in [1.54, 1.807) is 6.07 Å². The Hall–Kier alpha value is -1.91. The van der Waals surface area contributed by atoms with Gasteiger partial charge in [0.2, 0.25) is 10.0 Å². The molecular weight excluding hydrogens is 352 g/mol. The smallest absolute Gasteiger partial charge is 0.309 e. The van der Waals surface area contributed by atoms with Crippen molar-refractivity contribution in [3.63, 3.8) is 0 Å². The van der Waals surface area contributed by atoms with Crippen LogP contribution in [0.1, 0.15) is 43.2 Å². The van der Waals surface area contributed by atoms with Crippen LogP contribution in [0.4, 0.5) is 0 Å². The van der Waals surface area contributed by atoms with Gasteiger partial charge < -0.3 is 4.74 Å². The molecule has 1 aromatic carbocycles. The van der Waals surface area contributed by atoms with E-state index in [0.29, 0.717) is 43.7 Å². The van der Waals surface area contributed by atoms with Gasteiger partial charge >= 0.3 is 5.97 Å². The maximum Gasteiger partial charge on any atom is 0.309 e. The summed E-state index contributed by atoms with van der Waals surface area (Å²) in [6.07, 6.45) is 4.90. The quantitative estimate of drug-likeness (QED) is 0.562. The second-order valence-electron chi connectivity index (χ2n) is 6.89. The summed E-state index contributed by atoms with van der Waals surface area (Å²) in [6.45, 7) is 0.912. The van der Waals surface area contributed by atoms with Crippen LogP contribution in [-0.2, 0) is 32.4 Å². The number of hydrogen-bond donors (Lipinski definition) is 0. The van der Waals surface area contributed by atoms with Gasteiger partial charge in [-0.1, -0.05) is 6.07 Å². The number of sulfonamides is 1. The largest absolute Gasteiger partial charge is 0.465 e. The first-order valence-electron chi connectivity index (χ1n) is 9.18. The SMILES string of the molecule is N#CCCCOC(=O)C1CCN(S(=O)(=O)c2ccc3c(c2)CCC3)CC1. The molecule has 0 bridgehead atoms. The number of esters is 1. The van der Waals surface area contributed by atoms with Gasteiger partial charge in [0, 0.05) is 19.5 Å². The van der Waals surface area contributed by atoms with Gasteiger partial charge in [-0.15, -0.1) is 0 Å². The molecule has 0 saturated carbocycles. The number of carbonyl (C=O) groups is 1. The van der Waals surface area contributed by atoms with Crippen molar-refractivity contribution >= 4 is 16.0 Å². The lowest BCUT2D eigenvalue weighted by atomic mass is 9.98. The maximum absolute atomic E-state index is 12.9. The molecule has 2 aliphatic rings. The first-order chi connectivity index (χ1) is 12.5. The first kappa shape index (κ1) is 18.9. The van der Waals surface area contributed by atoms with Crippen molar-refractivity contribution in [3.05, 3.63) is 29.3 Å². The number of carbonyl (C=O) groups excluding carboxylic acids is 1. The third-order valence-electron chi connectivity index (χ3n) is 5.17. The standard InChI is InChI=1S/C19H24N2O4S/c20-10-1-2-13-25-19(22)16-8-11-21(12-9-16)26(23,24)18-7-6-15-4-3-5-17(15)14-18/h6-7,14,16H,1-5,8-9,11-13H2. The van der Waals surface area contributed by atoms with Crippen molar-refractivity contribution in [2.45, 2.75) is 49.8 Å². The van der Waals surface area contributed by atoms with Gasteiger partial charge in [0.1, 0.15) is 0 Å². The Morgan fingerprint density at radius 3 is 2.69 bits per heavy atom. The lowest BCUT2D eigenvalue weighted by Gasteiger charge is -2.30. The number of nitriles is 1. The van der Waals surface area contributed by atoms with Gasteiger partial charge in [-0.05, 0) is 61.8 Å². The van der Waals surface area contributed by atoms with Gasteiger partial charge in [-0.3, -0.25) is 4.79 Å². The Labute approximate surface area is 154 Å². The van der Waals surface area contributed by atoms with Crippen molar-refractivity contribution in [2.24, 2.45) is 5.92 Å². The van der Waals surface area contributed by atoms with E-state index in [1.165, 1.54) is 9.87 Å². The van der Waals surface area contributed by atoms with E-state index < -0.39 is 10.0 Å². The van der Waals surface area contributed by atoms with Gasteiger partial charge in [0.15, 0.2) is 0 Å². The summed E-state index contributed by atoms with van der Waals surface area (Å²) in [5.74, 6) is -0.541. The minimum Gasteiger partial charge on any atom is -0.465 e. The molecule has 1 fully saturated rings. The van der Waals surface area contributed by atoms with Gasteiger partial charge in [-0.2, -0.15) is 9.57 Å². The van der Waals surface area contributed by atoms with Crippen molar-refractivity contribution in [2.75, 3.05) is 19.7 Å². The fraction of sp³-hybridized carbons (Fsp3) is 0.579. The van der Waals surface area contributed by atoms with Crippen LogP contribution in [-0.4, -0.2) is 38.4 Å². The van der Waals surface area contributed by atoms with E-state index in [9.17, 15) is 13.2 Å². The summed E-state index contributed by atoms with van der Waals surface area (Å²) in [5, 5.41) is 8.48. The molecule has 0 N–H and O–H groups in total. The van der Waals surface area contributed by atoms with Gasteiger partial charge in [-0.25, -0.2) is 8.42 Å². The number of ether oxygens (including phenoxy) is 1. The van der Waals surface area contributed by atoms with E-state index in [1.807, 2.05) is 18.2 Å². The van der Waals surface area contributed by atoms with Crippen LogP contribution in [0.15, 0.2) is 23.1 Å². The van der Waals surface area contributed by atoms with Crippen molar-refractivity contribution in [1.29, 1.82) is 5.26 Å². The van der Waals surface area contributed by atoms with Crippen LogP contribution < -0.4 is 0 Å². The fourth-order valence-corrected chi connectivity index (χ4v) is 5.15. The molecule has 1 aliphatic heterocycles. The third-order valence-corrected chi connectivity index (χ3v) is 7.07. The second-order valence-corrected chi connectivity index (χ2v) is 8.83. The van der Waals surface area contributed by atoms with E-state index >= 15 is 0 Å². The molecule has 1 heterocycles. The Kier molecular flexibility index (Phi) is 5.94. The van der Waals surface area contributed by atoms with Crippen LogP contribution in [0, 0.1) is 17.2 Å². The summed E-state index contributed by atoms with van der Waals surface area (Å²) in [7, 11) is -3.51. The highest BCUT2D eigenvalue weighted by atomic mass is 32.2. The molecule has 0 radical (unpaired) electrons. The van der Waals surface area contributed by atoms with E-state index in [2.05, 4.69) is 0 Å². The highest BCUT2D eigenvalue weighted by molar-refractivity contribution is 7.89. The number of fused-ring (bicyclic) bond motifs is 1. The molecule has 1 saturated heterocycles. The Morgan fingerprint density at radius 2 is 1.96 bits per heavy atom. The average Bonchev–Trinajstić information content (AvgIpc) is 3.13. The monoisotopic (exact) mass is 376 g/mol. The molecule has 3 rings (SSSR count). The average molecular weight is 376 g/mol. The first-order valence-corrected chi connectivity index (χ1v) is 10.6. The Bertz CT molecular complexity index is 805. The maximum atomic E-state index is 12.9. The predicted molar refractivity (Wildman–Crippen MR) is 95.8 cm³/mol. The number of piperidine rings is 1. The minimum atomic E-state index is -3.51. The van der Waals surface area contributed by atoms with E-state index in [-0.39, 0.29) is 18.5 Å². The van der Waals surface area contributed by atoms with Crippen molar-refractivity contribution in [3.8, 4) is 6.07 Å². The third kappa shape index (κ3) is 4.08. The number of unbranched alkanes of at least 4 members (excludes halogenated alkanes) is 1. The number of benzene rings is 1. The number of hydrogen-bond acceptors (Lipinski definition) is 5. The van der Waals surface area contributed by atoms with E-state index in [0.717, 1.165) is 24.8 Å². The highest BCUT2D eigenvalue weighted by Gasteiger charge is 2.33. The molecule has 0 unspecified atom stereocenters. The lowest BCUT2D eigenvalue weighted by Crippen LogP contribution is -2.40. The molecular formula is C19H24N2O4S. The number of aryl methyl sites for hydroxylation is 2. The van der Waals surface area contributed by atoms with Gasteiger partial charge in [0.05, 0.1) is 23.5 Å². The zero-order valence-corrected chi connectivity index (χ0v) is 15.6. The molecule has 0 atom stereocenters. The van der Waals surface area contributed by atoms with Crippen LogP contribution >= 0.6 is 0 Å². The van der Waals surface area contributed by atoms with Crippen LogP contribution in [0.2, 0.25) is 0 Å². The number of rotatable bonds is 6. The topological polar surface area (TPSA) is 87.5 Å². The Morgan fingerprint density at radius 1 is 1.23 bits per heavy atom. The normalized spacial score (nSPS) is 18.3. The highest BCUT2D eigenvalue weighted by Crippen LogP contribution is 2.28. The molecule has 6 nitrogen and oxygen atoms in total. The Balaban J connectivity index is 1.57. The van der Waals surface area contributed by atoms with Crippen LogP contribution in [0.5, 0.6) is 0 Å². The minimum absolute atomic E-state index is 0.250. The molecule has 0 aromatic heterocycles. The molecule has 1 aliphatic carbocycles. The summed E-state index contributed by atoms with van der Waals surface area (Å²) in [6, 6.07) is 7.46. The molecule has 0 amide bonds. The van der Waals surface area contributed by atoms with E-state index in [4.69, 9.17) is 10.00 Å². The molecule has 140 valence electrons. The van der Waals surface area contributed by atoms with Crippen LogP contribution in [0.25, 0.3) is 0 Å². The van der Waals surface area contributed by atoms with Crippen LogP contribution in [0.3, 0.4) is 0 Å². The summed E-state index contributed by atoms with van der Waals surface area (Å²) < 4.78 is 32.4. The molecule has 26 heavy (non-hydrogen) atoms. The summed E-state index contributed by atoms with van der Waals surface area (Å²) in [4.78, 5) is 12.4. The van der Waals surface area contributed by atoms with Crippen molar-refractivity contribution < 1.29 is 17.9 Å². The lowest BCUT2D eigenvalue weighted by molar-refractivity contribution is -0.149. The molecule has 0 spiro atoms. The summed E-state index contributed by atoms with van der Waals surface area (Å²) >= 11 is 0. The second kappa shape index (κ2) is 8.19. The molecule has 1 aromatic rings. The zero-order valence-electron chi connectivity index (χ0n) is 14.8. The van der Waals surface area contributed by atoms with Gasteiger partial charge in [0.25, 0.3) is 0 Å².